The minimum Gasteiger partial charge on any atom is -0.350 e. The van der Waals surface area contributed by atoms with Crippen molar-refractivity contribution in [1.29, 1.82) is 0 Å². The van der Waals surface area contributed by atoms with Crippen LogP contribution in [-0.2, 0) is 5.75 Å². The molecule has 0 bridgehead atoms. The number of rotatable bonds is 7. The van der Waals surface area contributed by atoms with Crippen molar-refractivity contribution in [2.45, 2.75) is 11.8 Å². The number of nitrogens with one attached hydrogen (secondary N) is 1. The lowest BCUT2D eigenvalue weighted by molar-refractivity contribution is 0.0942. The fourth-order valence-corrected chi connectivity index (χ4v) is 3.01. The van der Waals surface area contributed by atoms with Crippen molar-refractivity contribution in [2.24, 2.45) is 0 Å². The summed E-state index contributed by atoms with van der Waals surface area (Å²) < 4.78 is 0. The predicted molar refractivity (Wildman–Crippen MR) is 98.9 cm³/mol. The van der Waals surface area contributed by atoms with E-state index in [1.165, 1.54) is 11.1 Å². The SMILES string of the molecule is CSCc1ccc(C(=O)NCC(c2ccccc2)N(C)C)cc1. The Morgan fingerprint density at radius 3 is 2.30 bits per heavy atom. The van der Waals surface area contributed by atoms with Crippen LogP contribution in [0.3, 0.4) is 0 Å². The summed E-state index contributed by atoms with van der Waals surface area (Å²) in [6, 6.07) is 18.2. The van der Waals surface area contributed by atoms with Crippen LogP contribution in [0.25, 0.3) is 0 Å². The topological polar surface area (TPSA) is 32.3 Å². The van der Waals surface area contributed by atoms with Gasteiger partial charge in [0.1, 0.15) is 0 Å². The highest BCUT2D eigenvalue weighted by molar-refractivity contribution is 7.97. The molecule has 0 aliphatic heterocycles. The zero-order valence-electron chi connectivity index (χ0n) is 14.0. The molecule has 122 valence electrons. The third-order valence-corrected chi connectivity index (χ3v) is 4.41. The van der Waals surface area contributed by atoms with Crippen LogP contribution in [0.4, 0.5) is 0 Å². The van der Waals surface area contributed by atoms with Gasteiger partial charge in [0.05, 0.1) is 6.04 Å². The van der Waals surface area contributed by atoms with E-state index < -0.39 is 0 Å². The highest BCUT2D eigenvalue weighted by Gasteiger charge is 2.15. The van der Waals surface area contributed by atoms with Crippen LogP contribution in [-0.4, -0.2) is 37.7 Å². The second-order valence-electron chi connectivity index (χ2n) is 5.73. The molecule has 0 radical (unpaired) electrons. The lowest BCUT2D eigenvalue weighted by Crippen LogP contribution is -2.34. The fraction of sp³-hybridized carbons (Fsp3) is 0.316. The summed E-state index contributed by atoms with van der Waals surface area (Å²) in [4.78, 5) is 14.5. The van der Waals surface area contributed by atoms with E-state index in [9.17, 15) is 4.79 Å². The van der Waals surface area contributed by atoms with Crippen molar-refractivity contribution in [3.05, 3.63) is 71.3 Å². The number of hydrogen-bond acceptors (Lipinski definition) is 3. The van der Waals surface area contributed by atoms with Crippen molar-refractivity contribution < 1.29 is 4.79 Å². The molecule has 0 aliphatic rings. The minimum atomic E-state index is -0.0246. The normalized spacial score (nSPS) is 12.2. The van der Waals surface area contributed by atoms with Crippen molar-refractivity contribution >= 4 is 17.7 Å². The van der Waals surface area contributed by atoms with Gasteiger partial charge in [-0.05, 0) is 43.6 Å². The summed E-state index contributed by atoms with van der Waals surface area (Å²) in [5.41, 5.74) is 3.15. The van der Waals surface area contributed by atoms with Crippen LogP contribution in [0.15, 0.2) is 54.6 Å². The van der Waals surface area contributed by atoms with Gasteiger partial charge in [-0.25, -0.2) is 0 Å². The number of carbonyl (C=O) groups is 1. The van der Waals surface area contributed by atoms with Gasteiger partial charge >= 0.3 is 0 Å². The van der Waals surface area contributed by atoms with Gasteiger partial charge in [-0.3, -0.25) is 4.79 Å². The molecular weight excluding hydrogens is 304 g/mol. The molecule has 3 nitrogen and oxygen atoms in total. The van der Waals surface area contributed by atoms with Crippen LogP contribution < -0.4 is 5.32 Å². The van der Waals surface area contributed by atoms with E-state index in [1.54, 1.807) is 11.8 Å². The van der Waals surface area contributed by atoms with E-state index in [4.69, 9.17) is 0 Å². The molecular formula is C19H24N2OS. The van der Waals surface area contributed by atoms with Crippen LogP contribution >= 0.6 is 11.8 Å². The Hall–Kier alpha value is -1.78. The van der Waals surface area contributed by atoms with E-state index >= 15 is 0 Å². The van der Waals surface area contributed by atoms with Crippen molar-refractivity contribution in [3.8, 4) is 0 Å². The van der Waals surface area contributed by atoms with Crippen LogP contribution in [0.1, 0.15) is 27.5 Å². The molecule has 0 aromatic heterocycles. The monoisotopic (exact) mass is 328 g/mol. The van der Waals surface area contributed by atoms with Gasteiger partial charge in [-0.15, -0.1) is 0 Å². The Morgan fingerprint density at radius 2 is 1.74 bits per heavy atom. The maximum atomic E-state index is 12.3. The second kappa shape index (κ2) is 8.75. The molecule has 0 fully saturated rings. The van der Waals surface area contributed by atoms with Gasteiger partial charge < -0.3 is 10.2 Å². The summed E-state index contributed by atoms with van der Waals surface area (Å²) in [6.07, 6.45) is 2.07. The number of amides is 1. The fourth-order valence-electron chi connectivity index (χ4n) is 2.48. The first kappa shape index (κ1) is 17.6. The predicted octanol–water partition coefficient (Wildman–Crippen LogP) is 3.58. The van der Waals surface area contributed by atoms with Gasteiger partial charge in [0.15, 0.2) is 0 Å². The summed E-state index contributed by atoms with van der Waals surface area (Å²) in [6.45, 7) is 0.586. The number of likely N-dealkylation sites (N-methyl/N-ethyl adjacent to an activating group) is 1. The first-order chi connectivity index (χ1) is 11.1. The Kier molecular flexibility index (Phi) is 6.68. The molecule has 4 heteroatoms. The van der Waals surface area contributed by atoms with Gasteiger partial charge in [-0.1, -0.05) is 42.5 Å². The highest BCUT2D eigenvalue weighted by atomic mass is 32.2. The maximum absolute atomic E-state index is 12.3. The first-order valence-electron chi connectivity index (χ1n) is 7.69. The average Bonchev–Trinajstić information content (AvgIpc) is 2.56. The molecule has 0 saturated carbocycles. The van der Waals surface area contributed by atoms with Crippen LogP contribution in [0, 0.1) is 0 Å². The molecule has 0 spiro atoms. The largest absolute Gasteiger partial charge is 0.350 e. The Labute approximate surface area is 143 Å². The quantitative estimate of drug-likeness (QED) is 0.843. The molecule has 0 aliphatic carbocycles. The smallest absolute Gasteiger partial charge is 0.251 e. The number of thioether (sulfide) groups is 1. The van der Waals surface area contributed by atoms with E-state index in [0.29, 0.717) is 12.1 Å². The molecule has 1 amide bonds. The molecule has 0 heterocycles. The van der Waals surface area contributed by atoms with Crippen LogP contribution in [0.2, 0.25) is 0 Å². The van der Waals surface area contributed by atoms with E-state index in [-0.39, 0.29) is 11.9 Å². The lowest BCUT2D eigenvalue weighted by atomic mass is 10.1. The highest BCUT2D eigenvalue weighted by Crippen LogP contribution is 2.17. The number of benzene rings is 2. The number of carbonyl (C=O) groups excluding carboxylic acids is 1. The average molecular weight is 328 g/mol. The lowest BCUT2D eigenvalue weighted by Gasteiger charge is -2.25. The van der Waals surface area contributed by atoms with E-state index in [1.807, 2.05) is 56.6 Å². The Morgan fingerprint density at radius 1 is 1.09 bits per heavy atom. The summed E-state index contributed by atoms with van der Waals surface area (Å²) in [5.74, 6) is 0.946. The number of hydrogen-bond donors (Lipinski definition) is 1. The zero-order valence-corrected chi connectivity index (χ0v) is 14.8. The van der Waals surface area contributed by atoms with Gasteiger partial charge in [-0.2, -0.15) is 11.8 Å². The molecule has 2 rings (SSSR count). The maximum Gasteiger partial charge on any atom is 0.251 e. The zero-order chi connectivity index (χ0) is 16.7. The Balaban J connectivity index is 1.99. The standard InChI is InChI=1S/C19H24N2OS/c1-21(2)18(16-7-5-4-6-8-16)13-20-19(22)17-11-9-15(10-12-17)14-23-3/h4-12,18H,13-14H2,1-3H3,(H,20,22). The Bertz CT molecular complexity index is 611. The van der Waals surface area contributed by atoms with Gasteiger partial charge in [0.25, 0.3) is 5.91 Å². The van der Waals surface area contributed by atoms with E-state index in [2.05, 4.69) is 28.6 Å². The molecule has 23 heavy (non-hydrogen) atoms. The summed E-state index contributed by atoms with van der Waals surface area (Å²) >= 11 is 1.78. The minimum absolute atomic E-state index is 0.0246. The molecule has 2 aromatic carbocycles. The number of nitrogens with zero attached hydrogens (tertiary/aromatic N) is 1. The third-order valence-electron chi connectivity index (χ3n) is 3.79. The molecule has 2 aromatic rings. The van der Waals surface area contributed by atoms with Crippen LogP contribution in [0.5, 0.6) is 0 Å². The van der Waals surface area contributed by atoms with Crippen molar-refractivity contribution in [1.82, 2.24) is 10.2 Å². The van der Waals surface area contributed by atoms with Gasteiger partial charge in [0.2, 0.25) is 0 Å². The second-order valence-corrected chi connectivity index (χ2v) is 6.60. The first-order valence-corrected chi connectivity index (χ1v) is 9.08. The van der Waals surface area contributed by atoms with E-state index in [0.717, 1.165) is 5.75 Å². The van der Waals surface area contributed by atoms with Crippen molar-refractivity contribution in [3.63, 3.8) is 0 Å². The molecule has 1 unspecified atom stereocenters. The molecule has 1 atom stereocenters. The molecule has 0 saturated heterocycles. The van der Waals surface area contributed by atoms with Gasteiger partial charge in [0, 0.05) is 17.9 Å². The third kappa shape index (κ3) is 5.12. The molecule has 1 N–H and O–H groups in total. The summed E-state index contributed by atoms with van der Waals surface area (Å²) in [5, 5.41) is 3.04. The summed E-state index contributed by atoms with van der Waals surface area (Å²) in [7, 11) is 4.06. The van der Waals surface area contributed by atoms with Crippen molar-refractivity contribution in [2.75, 3.05) is 26.9 Å².